The number of halogens is 2. The zero-order chi connectivity index (χ0) is 19.7. The lowest BCUT2D eigenvalue weighted by atomic mass is 10.1. The largest absolute Gasteiger partial charge is 0.459 e. The smallest absolute Gasteiger partial charge is 0.291 e. The highest BCUT2D eigenvalue weighted by atomic mass is 32.1. The molecule has 0 radical (unpaired) electrons. The number of aromatic nitrogens is 1. The number of furan rings is 1. The van der Waals surface area contributed by atoms with Crippen LogP contribution in [0.15, 0.2) is 65.3 Å². The number of anilines is 1. The van der Waals surface area contributed by atoms with Gasteiger partial charge in [-0.05, 0) is 61.5 Å². The van der Waals surface area contributed by atoms with Crippen LogP contribution in [0.5, 0.6) is 0 Å². The maximum absolute atomic E-state index is 13.5. The molecule has 2 aromatic heterocycles. The van der Waals surface area contributed by atoms with E-state index in [1.165, 1.54) is 23.7 Å². The van der Waals surface area contributed by atoms with Gasteiger partial charge in [-0.1, -0.05) is 0 Å². The first-order valence-electron chi connectivity index (χ1n) is 8.39. The summed E-state index contributed by atoms with van der Waals surface area (Å²) < 4.78 is 31.8. The van der Waals surface area contributed by atoms with Crippen molar-refractivity contribution >= 4 is 22.9 Å². The number of thiazole rings is 1. The van der Waals surface area contributed by atoms with Gasteiger partial charge in [0.15, 0.2) is 17.4 Å². The fourth-order valence-corrected chi connectivity index (χ4v) is 3.67. The van der Waals surface area contributed by atoms with Crippen LogP contribution in [0.25, 0.3) is 21.8 Å². The third-order valence-electron chi connectivity index (χ3n) is 4.12. The Balaban J connectivity index is 1.56. The molecule has 4 aromatic rings. The molecule has 4 nitrogen and oxygen atoms in total. The Kier molecular flexibility index (Phi) is 4.75. The van der Waals surface area contributed by atoms with Crippen molar-refractivity contribution in [2.45, 2.75) is 6.92 Å². The Morgan fingerprint density at radius 1 is 1.04 bits per heavy atom. The SMILES string of the molecule is Cc1sc(-c2ccc(NC(=O)c3ccco3)cc2)nc1-c1ccc(F)c(F)c1. The second-order valence-corrected chi connectivity index (χ2v) is 7.26. The predicted molar refractivity (Wildman–Crippen MR) is 104 cm³/mol. The van der Waals surface area contributed by atoms with Crippen molar-refractivity contribution in [3.63, 3.8) is 0 Å². The minimum atomic E-state index is -0.900. The maximum atomic E-state index is 13.5. The molecule has 0 aliphatic heterocycles. The van der Waals surface area contributed by atoms with Gasteiger partial charge in [-0.25, -0.2) is 13.8 Å². The standard InChI is InChI=1S/C21H14F2N2O2S/c1-12-19(14-6-9-16(22)17(23)11-14)25-21(28-12)13-4-7-15(8-5-13)24-20(26)18-3-2-10-27-18/h2-11H,1H3,(H,24,26). The van der Waals surface area contributed by atoms with Gasteiger partial charge in [0.2, 0.25) is 0 Å². The molecule has 0 unspecified atom stereocenters. The van der Waals surface area contributed by atoms with E-state index in [2.05, 4.69) is 10.3 Å². The van der Waals surface area contributed by atoms with Gasteiger partial charge in [-0.3, -0.25) is 4.79 Å². The molecule has 0 saturated carbocycles. The minimum Gasteiger partial charge on any atom is -0.459 e. The number of carbonyl (C=O) groups excluding carboxylic acids is 1. The zero-order valence-corrected chi connectivity index (χ0v) is 15.5. The van der Waals surface area contributed by atoms with Crippen molar-refractivity contribution in [1.82, 2.24) is 4.98 Å². The molecular weight excluding hydrogens is 382 g/mol. The van der Waals surface area contributed by atoms with Crippen LogP contribution in [-0.2, 0) is 0 Å². The number of nitrogens with zero attached hydrogens (tertiary/aromatic N) is 1. The van der Waals surface area contributed by atoms with E-state index >= 15 is 0 Å². The Hall–Kier alpha value is -3.32. The molecule has 0 aliphatic rings. The molecule has 140 valence electrons. The molecule has 0 spiro atoms. The third kappa shape index (κ3) is 3.57. The summed E-state index contributed by atoms with van der Waals surface area (Å²) in [6, 6.07) is 14.2. The van der Waals surface area contributed by atoms with Gasteiger partial charge in [0.25, 0.3) is 5.91 Å². The summed E-state index contributed by atoms with van der Waals surface area (Å²) in [5.41, 5.74) is 2.63. The van der Waals surface area contributed by atoms with Crippen molar-refractivity contribution < 1.29 is 18.0 Å². The van der Waals surface area contributed by atoms with Crippen molar-refractivity contribution in [2.75, 3.05) is 5.32 Å². The second-order valence-electron chi connectivity index (χ2n) is 6.06. The summed E-state index contributed by atoms with van der Waals surface area (Å²) in [6.45, 7) is 1.88. The number of hydrogen-bond acceptors (Lipinski definition) is 4. The number of nitrogens with one attached hydrogen (secondary N) is 1. The summed E-state index contributed by atoms with van der Waals surface area (Å²) in [7, 11) is 0. The molecule has 0 bridgehead atoms. The Morgan fingerprint density at radius 2 is 1.79 bits per heavy atom. The van der Waals surface area contributed by atoms with Gasteiger partial charge < -0.3 is 9.73 Å². The molecule has 1 N–H and O–H groups in total. The van der Waals surface area contributed by atoms with E-state index in [4.69, 9.17) is 4.42 Å². The number of carbonyl (C=O) groups is 1. The fraction of sp³-hybridized carbons (Fsp3) is 0.0476. The highest BCUT2D eigenvalue weighted by Crippen LogP contribution is 2.34. The van der Waals surface area contributed by atoms with Crippen LogP contribution in [0.2, 0.25) is 0 Å². The lowest BCUT2D eigenvalue weighted by Crippen LogP contribution is -2.10. The van der Waals surface area contributed by atoms with E-state index in [9.17, 15) is 13.6 Å². The van der Waals surface area contributed by atoms with Crippen LogP contribution in [-0.4, -0.2) is 10.9 Å². The summed E-state index contributed by atoms with van der Waals surface area (Å²) in [5, 5.41) is 3.50. The summed E-state index contributed by atoms with van der Waals surface area (Å²) in [6.07, 6.45) is 1.44. The minimum absolute atomic E-state index is 0.232. The first kappa shape index (κ1) is 18.1. The monoisotopic (exact) mass is 396 g/mol. The van der Waals surface area contributed by atoms with Gasteiger partial charge in [-0.15, -0.1) is 11.3 Å². The van der Waals surface area contributed by atoms with Gasteiger partial charge in [0, 0.05) is 21.7 Å². The highest BCUT2D eigenvalue weighted by Gasteiger charge is 2.14. The van der Waals surface area contributed by atoms with Crippen LogP contribution >= 0.6 is 11.3 Å². The molecule has 7 heteroatoms. The third-order valence-corrected chi connectivity index (χ3v) is 5.14. The Morgan fingerprint density at radius 3 is 2.46 bits per heavy atom. The van der Waals surface area contributed by atoms with E-state index in [-0.39, 0.29) is 11.7 Å². The molecule has 0 atom stereocenters. The normalized spacial score (nSPS) is 10.8. The lowest BCUT2D eigenvalue weighted by Gasteiger charge is -2.04. The predicted octanol–water partition coefficient (Wildman–Crippen LogP) is 5.91. The average Bonchev–Trinajstić information content (AvgIpc) is 3.35. The molecule has 4 rings (SSSR count). The van der Waals surface area contributed by atoms with E-state index in [1.807, 2.05) is 19.1 Å². The van der Waals surface area contributed by atoms with Crippen LogP contribution in [0, 0.1) is 18.6 Å². The second kappa shape index (κ2) is 7.36. The van der Waals surface area contributed by atoms with Crippen molar-refractivity contribution in [3.05, 3.63) is 83.1 Å². The number of amides is 1. The number of aryl methyl sites for hydroxylation is 1. The summed E-state index contributed by atoms with van der Waals surface area (Å²) in [5.74, 6) is -1.88. The van der Waals surface area contributed by atoms with Crippen molar-refractivity contribution in [3.8, 4) is 21.8 Å². The number of hydrogen-bond donors (Lipinski definition) is 1. The van der Waals surface area contributed by atoms with Gasteiger partial charge >= 0.3 is 0 Å². The van der Waals surface area contributed by atoms with E-state index in [0.29, 0.717) is 16.9 Å². The van der Waals surface area contributed by atoms with E-state index in [0.717, 1.165) is 27.6 Å². The number of rotatable bonds is 4. The molecular formula is C21H14F2N2O2S. The van der Waals surface area contributed by atoms with Crippen LogP contribution < -0.4 is 5.32 Å². The topological polar surface area (TPSA) is 55.1 Å². The van der Waals surface area contributed by atoms with Crippen molar-refractivity contribution in [2.24, 2.45) is 0 Å². The molecule has 0 fully saturated rings. The molecule has 2 heterocycles. The molecule has 2 aromatic carbocycles. The molecule has 0 aliphatic carbocycles. The quantitative estimate of drug-likeness (QED) is 0.467. The number of benzene rings is 2. The fourth-order valence-electron chi connectivity index (χ4n) is 2.73. The van der Waals surface area contributed by atoms with Crippen LogP contribution in [0.4, 0.5) is 14.5 Å². The zero-order valence-electron chi connectivity index (χ0n) is 14.7. The van der Waals surface area contributed by atoms with Crippen LogP contribution in [0.3, 0.4) is 0 Å². The molecule has 28 heavy (non-hydrogen) atoms. The van der Waals surface area contributed by atoms with Gasteiger partial charge in [-0.2, -0.15) is 0 Å². The average molecular weight is 396 g/mol. The summed E-state index contributed by atoms with van der Waals surface area (Å²) >= 11 is 1.46. The van der Waals surface area contributed by atoms with E-state index < -0.39 is 11.6 Å². The van der Waals surface area contributed by atoms with Crippen LogP contribution in [0.1, 0.15) is 15.4 Å². The van der Waals surface area contributed by atoms with Gasteiger partial charge in [0.05, 0.1) is 12.0 Å². The Bertz CT molecular complexity index is 1140. The lowest BCUT2D eigenvalue weighted by molar-refractivity contribution is 0.0996. The summed E-state index contributed by atoms with van der Waals surface area (Å²) in [4.78, 5) is 17.5. The first-order chi connectivity index (χ1) is 13.5. The van der Waals surface area contributed by atoms with E-state index in [1.54, 1.807) is 24.3 Å². The highest BCUT2D eigenvalue weighted by molar-refractivity contribution is 7.15. The van der Waals surface area contributed by atoms with Gasteiger partial charge in [0.1, 0.15) is 5.01 Å². The Labute approximate surface area is 163 Å². The van der Waals surface area contributed by atoms with Crippen molar-refractivity contribution in [1.29, 1.82) is 0 Å². The maximum Gasteiger partial charge on any atom is 0.291 e. The molecule has 1 amide bonds. The first-order valence-corrected chi connectivity index (χ1v) is 9.21. The molecule has 0 saturated heterocycles.